The molecular weight excluding hydrogens is 491 g/mol. The van der Waals surface area contributed by atoms with E-state index in [2.05, 4.69) is 49.6 Å². The Hall–Kier alpha value is -2.96. The maximum Gasteiger partial charge on any atom is 0.398 e. The minimum Gasteiger partial charge on any atom is -0.493 e. The average molecular weight is 532 g/mol. The van der Waals surface area contributed by atoms with Crippen molar-refractivity contribution < 1.29 is 27.4 Å². The average Bonchev–Trinajstić information content (AvgIpc) is 3.25. The molecule has 0 aliphatic carbocycles. The van der Waals surface area contributed by atoms with Crippen molar-refractivity contribution in [3.05, 3.63) is 53.6 Å². The van der Waals surface area contributed by atoms with Gasteiger partial charge in [-0.25, -0.2) is 0 Å². The number of esters is 1. The standard InChI is InChI=1S/C31H40F3NO3/c1-6-9-10-11-22-12-15-27(23(7-2)16-22)29-17-24-13-14-26(18-28(24)35(29)8-3)37-19-25(31(32,33)34)20-38-30(36)21(4)5/h12-18,21,25H,6-11,19-20H2,1-5H3. The van der Waals surface area contributed by atoms with E-state index >= 15 is 0 Å². The Morgan fingerprint density at radius 2 is 1.74 bits per heavy atom. The van der Waals surface area contributed by atoms with Gasteiger partial charge in [0.25, 0.3) is 0 Å². The first-order valence-electron chi connectivity index (χ1n) is 13.7. The van der Waals surface area contributed by atoms with Crippen molar-refractivity contribution in [2.45, 2.75) is 79.4 Å². The van der Waals surface area contributed by atoms with Crippen molar-refractivity contribution in [2.24, 2.45) is 11.8 Å². The number of rotatable bonds is 13. The van der Waals surface area contributed by atoms with E-state index in [4.69, 9.17) is 9.47 Å². The summed E-state index contributed by atoms with van der Waals surface area (Å²) in [5.74, 6) is -2.70. The van der Waals surface area contributed by atoms with Crippen molar-refractivity contribution in [1.29, 1.82) is 0 Å². The summed E-state index contributed by atoms with van der Waals surface area (Å²) in [6.07, 6.45) is 1.06. The Labute approximate surface area is 224 Å². The van der Waals surface area contributed by atoms with Gasteiger partial charge in [0, 0.05) is 29.3 Å². The molecule has 3 aromatic rings. The molecule has 1 atom stereocenters. The molecule has 0 fully saturated rings. The number of aryl methyl sites for hydroxylation is 3. The van der Waals surface area contributed by atoms with E-state index in [1.807, 2.05) is 6.07 Å². The molecule has 4 nitrogen and oxygen atoms in total. The SMILES string of the molecule is CCCCCc1ccc(-c2cc3ccc(OCC(COC(=O)C(C)C)C(F)(F)F)cc3n2CC)c(CC)c1. The molecule has 7 heteroatoms. The number of aromatic nitrogens is 1. The second-order valence-electron chi connectivity index (χ2n) is 10.1. The molecule has 1 aromatic heterocycles. The second-order valence-corrected chi connectivity index (χ2v) is 10.1. The van der Waals surface area contributed by atoms with Crippen LogP contribution in [-0.2, 0) is 28.9 Å². The molecule has 0 saturated heterocycles. The van der Waals surface area contributed by atoms with Gasteiger partial charge >= 0.3 is 12.1 Å². The van der Waals surface area contributed by atoms with Crippen molar-refractivity contribution in [3.63, 3.8) is 0 Å². The number of hydrogen-bond acceptors (Lipinski definition) is 3. The van der Waals surface area contributed by atoms with Crippen molar-refractivity contribution in [1.82, 2.24) is 4.57 Å². The topological polar surface area (TPSA) is 40.5 Å². The number of ether oxygens (including phenoxy) is 2. The molecule has 0 radical (unpaired) electrons. The molecule has 2 aromatic carbocycles. The lowest BCUT2D eigenvalue weighted by Crippen LogP contribution is -2.34. The minimum atomic E-state index is -4.54. The molecule has 38 heavy (non-hydrogen) atoms. The fourth-order valence-corrected chi connectivity index (χ4v) is 4.60. The zero-order chi connectivity index (χ0) is 27.9. The van der Waals surface area contributed by atoms with Gasteiger partial charge < -0.3 is 14.0 Å². The molecule has 208 valence electrons. The number of halogens is 3. The fourth-order valence-electron chi connectivity index (χ4n) is 4.60. The zero-order valence-corrected chi connectivity index (χ0v) is 23.2. The van der Waals surface area contributed by atoms with Gasteiger partial charge in [-0.3, -0.25) is 4.79 Å². The van der Waals surface area contributed by atoms with Crippen LogP contribution in [0.25, 0.3) is 22.2 Å². The van der Waals surface area contributed by atoms with Crippen LogP contribution in [0.4, 0.5) is 13.2 Å². The highest BCUT2D eigenvalue weighted by Crippen LogP contribution is 2.34. The van der Waals surface area contributed by atoms with Crippen LogP contribution in [0.5, 0.6) is 5.75 Å². The number of alkyl halides is 3. The number of carbonyl (C=O) groups is 1. The third-order valence-corrected chi connectivity index (χ3v) is 6.90. The minimum absolute atomic E-state index is 0.350. The van der Waals surface area contributed by atoms with Crippen LogP contribution in [0.3, 0.4) is 0 Å². The molecule has 3 rings (SSSR count). The van der Waals surface area contributed by atoms with Crippen molar-refractivity contribution in [3.8, 4) is 17.0 Å². The van der Waals surface area contributed by atoms with Gasteiger partial charge in [-0.1, -0.05) is 58.7 Å². The summed E-state index contributed by atoms with van der Waals surface area (Å²) < 4.78 is 53.3. The van der Waals surface area contributed by atoms with Crippen LogP contribution in [-0.4, -0.2) is 29.9 Å². The van der Waals surface area contributed by atoms with Gasteiger partial charge in [-0.05, 0) is 55.5 Å². The Bertz CT molecular complexity index is 1210. The molecule has 0 spiro atoms. The first-order chi connectivity index (χ1) is 18.1. The van der Waals surface area contributed by atoms with Crippen LogP contribution in [0.1, 0.15) is 65.0 Å². The Balaban J connectivity index is 1.85. The third-order valence-electron chi connectivity index (χ3n) is 6.90. The second kappa shape index (κ2) is 13.2. The highest BCUT2D eigenvalue weighted by Gasteiger charge is 2.41. The van der Waals surface area contributed by atoms with Gasteiger partial charge in [0.2, 0.25) is 0 Å². The normalized spacial score (nSPS) is 12.8. The van der Waals surface area contributed by atoms with E-state index in [-0.39, 0.29) is 0 Å². The third kappa shape index (κ3) is 7.33. The van der Waals surface area contributed by atoms with Crippen LogP contribution in [0, 0.1) is 11.8 Å². The summed E-state index contributed by atoms with van der Waals surface area (Å²) in [4.78, 5) is 11.7. The molecule has 0 saturated carbocycles. The van der Waals surface area contributed by atoms with E-state index in [1.54, 1.807) is 26.0 Å². The predicted molar refractivity (Wildman–Crippen MR) is 146 cm³/mol. The fraction of sp³-hybridized carbons (Fsp3) is 0.516. The summed E-state index contributed by atoms with van der Waals surface area (Å²) in [7, 11) is 0. The zero-order valence-electron chi connectivity index (χ0n) is 23.2. The first-order valence-corrected chi connectivity index (χ1v) is 13.7. The molecule has 0 amide bonds. The highest BCUT2D eigenvalue weighted by molar-refractivity contribution is 5.88. The maximum absolute atomic E-state index is 13.5. The number of hydrogen-bond donors (Lipinski definition) is 0. The summed E-state index contributed by atoms with van der Waals surface area (Å²) in [5.41, 5.74) is 5.81. The Kier molecular flexibility index (Phi) is 10.3. The lowest BCUT2D eigenvalue weighted by Gasteiger charge is -2.21. The molecule has 0 aliphatic heterocycles. The molecular formula is C31H40F3NO3. The van der Waals surface area contributed by atoms with E-state index in [9.17, 15) is 18.0 Å². The van der Waals surface area contributed by atoms with Crippen LogP contribution < -0.4 is 4.74 Å². The van der Waals surface area contributed by atoms with Gasteiger partial charge in [-0.15, -0.1) is 0 Å². The number of unbranched alkanes of at least 4 members (excludes halogenated alkanes) is 2. The number of fused-ring (bicyclic) bond motifs is 1. The number of nitrogens with zero attached hydrogens (tertiary/aromatic N) is 1. The highest BCUT2D eigenvalue weighted by atomic mass is 19.4. The van der Waals surface area contributed by atoms with Crippen molar-refractivity contribution in [2.75, 3.05) is 13.2 Å². The van der Waals surface area contributed by atoms with Crippen LogP contribution in [0.2, 0.25) is 0 Å². The first kappa shape index (κ1) is 29.6. The smallest absolute Gasteiger partial charge is 0.398 e. The predicted octanol–water partition coefficient (Wildman–Crippen LogP) is 8.38. The number of benzene rings is 2. The maximum atomic E-state index is 13.5. The number of carbonyl (C=O) groups excluding carboxylic acids is 1. The van der Waals surface area contributed by atoms with Crippen molar-refractivity contribution >= 4 is 16.9 Å². The molecule has 1 unspecified atom stereocenters. The largest absolute Gasteiger partial charge is 0.493 e. The molecule has 0 N–H and O–H groups in total. The van der Waals surface area contributed by atoms with E-state index < -0.39 is 37.2 Å². The summed E-state index contributed by atoms with van der Waals surface area (Å²) in [5, 5.41) is 1.00. The van der Waals surface area contributed by atoms with E-state index in [0.29, 0.717) is 12.3 Å². The lowest BCUT2D eigenvalue weighted by atomic mass is 9.97. The molecule has 1 heterocycles. The van der Waals surface area contributed by atoms with Crippen LogP contribution in [0.15, 0.2) is 42.5 Å². The van der Waals surface area contributed by atoms with E-state index in [1.165, 1.54) is 36.0 Å². The van der Waals surface area contributed by atoms with Gasteiger partial charge in [0.15, 0.2) is 0 Å². The quantitative estimate of drug-likeness (QED) is 0.164. The summed E-state index contributed by atoms with van der Waals surface area (Å²) in [6.45, 7) is 8.92. The van der Waals surface area contributed by atoms with Gasteiger partial charge in [0.1, 0.15) is 24.9 Å². The van der Waals surface area contributed by atoms with Gasteiger partial charge in [0.05, 0.1) is 11.4 Å². The van der Waals surface area contributed by atoms with Crippen LogP contribution >= 0.6 is 0 Å². The monoisotopic (exact) mass is 531 g/mol. The Morgan fingerprint density at radius 1 is 0.974 bits per heavy atom. The summed E-state index contributed by atoms with van der Waals surface area (Å²) >= 11 is 0. The van der Waals surface area contributed by atoms with E-state index in [0.717, 1.165) is 29.4 Å². The Morgan fingerprint density at radius 3 is 2.37 bits per heavy atom. The summed E-state index contributed by atoms with van der Waals surface area (Å²) in [6, 6.07) is 14.2. The molecule has 0 bridgehead atoms. The lowest BCUT2D eigenvalue weighted by molar-refractivity contribution is -0.197. The van der Waals surface area contributed by atoms with Gasteiger partial charge in [-0.2, -0.15) is 13.2 Å². The molecule has 0 aliphatic rings.